The van der Waals surface area contributed by atoms with Crippen LogP contribution in [0.4, 0.5) is 0 Å². The summed E-state index contributed by atoms with van der Waals surface area (Å²) in [7, 11) is 5.76. The highest BCUT2D eigenvalue weighted by Crippen LogP contribution is 2.78. The molecule has 1 N–H and O–H groups in total. The van der Waals surface area contributed by atoms with Crippen molar-refractivity contribution in [3.63, 3.8) is 0 Å². The van der Waals surface area contributed by atoms with Gasteiger partial charge in [0.05, 0.1) is 18.1 Å². The van der Waals surface area contributed by atoms with Crippen LogP contribution in [-0.4, -0.2) is 60.7 Å². The van der Waals surface area contributed by atoms with E-state index >= 15 is 0 Å². The maximum absolute atomic E-state index is 11.4. The van der Waals surface area contributed by atoms with Crippen LogP contribution >= 0.6 is 0 Å². The van der Waals surface area contributed by atoms with Gasteiger partial charge in [0.25, 0.3) is 0 Å². The summed E-state index contributed by atoms with van der Waals surface area (Å²) >= 11 is 0. The van der Waals surface area contributed by atoms with Crippen molar-refractivity contribution in [1.82, 2.24) is 4.90 Å². The second-order valence-electron chi connectivity index (χ2n) is 10.9. The zero-order valence-electron chi connectivity index (χ0n) is 18.9. The summed E-state index contributed by atoms with van der Waals surface area (Å²) in [5, 5.41) is 11.4. The van der Waals surface area contributed by atoms with Crippen molar-refractivity contribution in [3.8, 4) is 11.5 Å². The first kappa shape index (κ1) is 19.1. The minimum atomic E-state index is -0.895. The smallest absolute Gasteiger partial charge is 0.166 e. The molecule has 0 aromatic heterocycles. The Morgan fingerprint density at radius 3 is 2.67 bits per heavy atom. The molecule has 1 unspecified atom stereocenters. The number of hydrogen-bond acceptors (Lipinski definition) is 5. The normalized spacial score (nSPS) is 45.3. The lowest BCUT2D eigenvalue weighted by Gasteiger charge is -2.75. The lowest BCUT2D eigenvalue weighted by molar-refractivity contribution is -0.283. The Labute approximate surface area is 179 Å². The summed E-state index contributed by atoms with van der Waals surface area (Å²) in [4.78, 5) is 2.54. The molecule has 4 bridgehead atoms. The number of methoxy groups -OCH3 is 2. The van der Waals surface area contributed by atoms with Gasteiger partial charge in [0.1, 0.15) is 11.2 Å². The van der Waals surface area contributed by atoms with Crippen molar-refractivity contribution in [3.05, 3.63) is 35.4 Å². The Morgan fingerprint density at radius 2 is 2.00 bits per heavy atom. The van der Waals surface area contributed by atoms with Crippen LogP contribution in [0.5, 0.6) is 11.5 Å². The maximum Gasteiger partial charge on any atom is 0.166 e. The fourth-order valence-electron chi connectivity index (χ4n) is 8.63. The molecule has 1 saturated heterocycles. The molecular weight excluding hydrogens is 378 g/mol. The van der Waals surface area contributed by atoms with Gasteiger partial charge >= 0.3 is 0 Å². The molecule has 30 heavy (non-hydrogen) atoms. The van der Waals surface area contributed by atoms with Crippen molar-refractivity contribution < 1.29 is 19.3 Å². The third-order valence-corrected chi connectivity index (χ3v) is 9.77. The average molecular weight is 412 g/mol. The molecule has 162 valence electrons. The van der Waals surface area contributed by atoms with E-state index in [1.807, 2.05) is 13.8 Å². The first-order valence-electron chi connectivity index (χ1n) is 11.2. The lowest BCUT2D eigenvalue weighted by Crippen LogP contribution is -2.85. The molecule has 2 heterocycles. The summed E-state index contributed by atoms with van der Waals surface area (Å²) in [5.74, 6) is 1.62. The number of benzene rings is 1. The molecule has 7 rings (SSSR count). The molecule has 5 nitrogen and oxygen atoms in total. The Bertz CT molecular complexity index is 982. The number of hydrogen-bond donors (Lipinski definition) is 1. The third kappa shape index (κ3) is 1.63. The molecule has 6 atom stereocenters. The first-order valence-corrected chi connectivity index (χ1v) is 11.2. The van der Waals surface area contributed by atoms with Crippen LogP contribution < -0.4 is 9.47 Å². The molecule has 2 fully saturated rings. The number of rotatable bonds is 3. The van der Waals surface area contributed by atoms with Crippen LogP contribution in [0.25, 0.3) is 0 Å². The minimum absolute atomic E-state index is 0.0750. The van der Waals surface area contributed by atoms with Crippen LogP contribution in [0.3, 0.4) is 0 Å². The molecule has 2 aliphatic heterocycles. The van der Waals surface area contributed by atoms with Gasteiger partial charge < -0.3 is 24.2 Å². The maximum atomic E-state index is 11.4. The average Bonchev–Trinajstić information content (AvgIpc) is 3.00. The summed E-state index contributed by atoms with van der Waals surface area (Å²) in [5.41, 5.74) is 0.181. The summed E-state index contributed by atoms with van der Waals surface area (Å²) in [6, 6.07) is 4.67. The van der Waals surface area contributed by atoms with Gasteiger partial charge in [-0.05, 0) is 65.3 Å². The number of piperidine rings is 1. The van der Waals surface area contributed by atoms with E-state index < -0.39 is 16.8 Å². The van der Waals surface area contributed by atoms with E-state index in [0.29, 0.717) is 6.04 Å². The van der Waals surface area contributed by atoms with Crippen LogP contribution in [-0.2, 0) is 16.6 Å². The molecule has 6 aliphatic rings. The van der Waals surface area contributed by atoms with E-state index in [1.54, 1.807) is 14.2 Å². The SMILES string of the molecule is COc1ccc2c3c1O[C@]1(C)[C@]34CCN(C)C(C2)[C@@]42C=C[C@]1(OC)[C@@H](C(C)(C)O)C2. The molecule has 1 aromatic rings. The Hall–Kier alpha value is -1.56. The topological polar surface area (TPSA) is 51.2 Å². The lowest BCUT2D eigenvalue weighted by atomic mass is 9.32. The fraction of sp³-hybridized carbons (Fsp3) is 0.680. The van der Waals surface area contributed by atoms with E-state index in [-0.39, 0.29) is 16.7 Å². The molecule has 4 aliphatic carbocycles. The van der Waals surface area contributed by atoms with Crippen molar-refractivity contribution in [2.24, 2.45) is 11.3 Å². The monoisotopic (exact) mass is 411 g/mol. The van der Waals surface area contributed by atoms with Crippen molar-refractivity contribution in [1.29, 1.82) is 0 Å². The fourth-order valence-corrected chi connectivity index (χ4v) is 8.63. The number of likely N-dealkylation sites (N-methyl/N-ethyl adjacent to an activating group) is 1. The largest absolute Gasteiger partial charge is 0.493 e. The van der Waals surface area contributed by atoms with Crippen LogP contribution in [0.2, 0.25) is 0 Å². The standard InChI is InChI=1S/C25H33NO4/c1-21(2,27)17-14-23-9-10-25(17,29-6)22(3)24(23)11-12-26(4)18(23)13-15-7-8-16(28-5)20(30-22)19(15)24/h7-10,17-18,27H,11-14H2,1-6H3/t17-,18?,22-,23+,24+,25+/m1/s1. The second-order valence-corrected chi connectivity index (χ2v) is 10.9. The summed E-state index contributed by atoms with van der Waals surface area (Å²) in [6.07, 6.45) is 7.59. The predicted octanol–water partition coefficient (Wildman–Crippen LogP) is 3.08. The molecule has 0 amide bonds. The minimum Gasteiger partial charge on any atom is -0.493 e. The Balaban J connectivity index is 1.75. The molecule has 5 heteroatoms. The molecule has 1 saturated carbocycles. The molecule has 1 aromatic carbocycles. The van der Waals surface area contributed by atoms with Crippen molar-refractivity contribution in [2.75, 3.05) is 27.8 Å². The van der Waals surface area contributed by atoms with Crippen LogP contribution in [0.15, 0.2) is 24.3 Å². The molecule has 0 radical (unpaired) electrons. The number of aliphatic hydroxyl groups is 1. The van der Waals surface area contributed by atoms with Crippen molar-refractivity contribution >= 4 is 0 Å². The highest BCUT2D eigenvalue weighted by Gasteiger charge is 2.84. The Morgan fingerprint density at radius 1 is 1.23 bits per heavy atom. The van der Waals surface area contributed by atoms with Gasteiger partial charge in [0.2, 0.25) is 0 Å². The quantitative estimate of drug-likeness (QED) is 0.775. The number of fused-ring (bicyclic) bond motifs is 1. The van der Waals surface area contributed by atoms with E-state index in [9.17, 15) is 5.11 Å². The molecule has 2 spiro atoms. The predicted molar refractivity (Wildman–Crippen MR) is 114 cm³/mol. The highest BCUT2D eigenvalue weighted by molar-refractivity contribution is 5.67. The zero-order valence-corrected chi connectivity index (χ0v) is 18.9. The summed E-state index contributed by atoms with van der Waals surface area (Å²) in [6.45, 7) is 7.12. The van der Waals surface area contributed by atoms with E-state index in [1.165, 1.54) is 11.1 Å². The number of likely N-dealkylation sites (tertiary alicyclic amines) is 1. The van der Waals surface area contributed by atoms with Crippen molar-refractivity contribution in [2.45, 2.75) is 68.3 Å². The number of ether oxygens (including phenoxy) is 3. The third-order valence-electron chi connectivity index (χ3n) is 9.77. The summed E-state index contributed by atoms with van der Waals surface area (Å²) < 4.78 is 19.2. The van der Waals surface area contributed by atoms with E-state index in [0.717, 1.165) is 37.3 Å². The van der Waals surface area contributed by atoms with Gasteiger partial charge in [0.15, 0.2) is 11.5 Å². The van der Waals surface area contributed by atoms with Crippen LogP contribution in [0, 0.1) is 11.3 Å². The second kappa shape index (κ2) is 5.25. The van der Waals surface area contributed by atoms with Gasteiger partial charge in [-0.15, -0.1) is 0 Å². The van der Waals surface area contributed by atoms with Crippen LogP contribution in [0.1, 0.15) is 44.7 Å². The van der Waals surface area contributed by atoms with Gasteiger partial charge in [-0.25, -0.2) is 0 Å². The zero-order chi connectivity index (χ0) is 21.3. The number of nitrogens with zero attached hydrogens (tertiary/aromatic N) is 1. The van der Waals surface area contributed by atoms with E-state index in [2.05, 4.69) is 43.2 Å². The Kier molecular flexibility index (Phi) is 3.35. The van der Waals surface area contributed by atoms with Gasteiger partial charge in [-0.3, -0.25) is 0 Å². The first-order chi connectivity index (χ1) is 14.1. The van der Waals surface area contributed by atoms with Gasteiger partial charge in [0, 0.05) is 30.0 Å². The van der Waals surface area contributed by atoms with Gasteiger partial charge in [-0.2, -0.15) is 0 Å². The van der Waals surface area contributed by atoms with E-state index in [4.69, 9.17) is 14.2 Å². The van der Waals surface area contributed by atoms with Gasteiger partial charge in [-0.1, -0.05) is 18.2 Å². The molecular formula is C25H33NO4. The highest BCUT2D eigenvalue weighted by atomic mass is 16.6.